The van der Waals surface area contributed by atoms with Crippen LogP contribution in [-0.2, 0) is 5.54 Å². The van der Waals surface area contributed by atoms with Crippen LogP contribution in [-0.4, -0.2) is 12.4 Å². The summed E-state index contributed by atoms with van der Waals surface area (Å²) in [6, 6.07) is 10.4. The largest absolute Gasteiger partial charge is 0.387 e. The Hall–Kier alpha value is -1.35. The maximum Gasteiger partial charge on any atom is 0.0948 e. The lowest BCUT2D eigenvalue weighted by atomic mass is 9.83. The molecule has 0 radical (unpaired) electrons. The van der Waals surface area contributed by atoms with Crippen molar-refractivity contribution in [2.75, 3.05) is 6.54 Å². The Kier molecular flexibility index (Phi) is 3.79. The molecule has 1 aliphatic rings. The van der Waals surface area contributed by atoms with Crippen LogP contribution in [0, 0.1) is 0 Å². The van der Waals surface area contributed by atoms with E-state index in [-0.39, 0.29) is 5.54 Å². The summed E-state index contributed by atoms with van der Waals surface area (Å²) in [7, 11) is 0. The van der Waals surface area contributed by atoms with E-state index in [0.29, 0.717) is 6.54 Å². The lowest BCUT2D eigenvalue weighted by Crippen LogP contribution is -2.29. The summed E-state index contributed by atoms with van der Waals surface area (Å²) >= 11 is 0. The van der Waals surface area contributed by atoms with Crippen molar-refractivity contribution >= 4 is 5.84 Å². The first-order chi connectivity index (χ1) is 8.27. The van der Waals surface area contributed by atoms with Crippen LogP contribution >= 0.6 is 0 Å². The summed E-state index contributed by atoms with van der Waals surface area (Å²) < 4.78 is 0. The molecule has 0 spiro atoms. The van der Waals surface area contributed by atoms with Gasteiger partial charge in [0.25, 0.3) is 0 Å². The Morgan fingerprint density at radius 1 is 1.18 bits per heavy atom. The van der Waals surface area contributed by atoms with Crippen LogP contribution in [0.15, 0.2) is 35.3 Å². The van der Waals surface area contributed by atoms with Crippen molar-refractivity contribution < 1.29 is 0 Å². The normalized spacial score (nSPS) is 25.1. The lowest BCUT2D eigenvalue weighted by molar-refractivity contribution is 0.380. The summed E-state index contributed by atoms with van der Waals surface area (Å²) in [4.78, 5) is 4.78. The van der Waals surface area contributed by atoms with E-state index in [1.54, 1.807) is 0 Å². The molecule has 1 unspecified atom stereocenters. The monoisotopic (exact) mass is 231 g/mol. The average molecular weight is 231 g/mol. The van der Waals surface area contributed by atoms with E-state index in [1.165, 1.54) is 12.0 Å². The van der Waals surface area contributed by atoms with E-state index >= 15 is 0 Å². The first-order valence-electron chi connectivity index (χ1n) is 6.37. The van der Waals surface area contributed by atoms with Gasteiger partial charge in [-0.15, -0.1) is 0 Å². The Morgan fingerprint density at radius 3 is 2.65 bits per heavy atom. The Bertz CT molecular complexity index is 386. The summed E-state index contributed by atoms with van der Waals surface area (Å²) in [6.07, 6.45) is 5.14. The van der Waals surface area contributed by atoms with Gasteiger partial charge in [0.15, 0.2) is 0 Å². The number of amidine groups is 1. The molecule has 17 heavy (non-hydrogen) atoms. The maximum absolute atomic E-state index is 5.99. The zero-order valence-electron chi connectivity index (χ0n) is 10.2. The van der Waals surface area contributed by atoms with Gasteiger partial charge in [0.05, 0.1) is 11.4 Å². The molecule has 4 N–H and O–H groups in total. The smallest absolute Gasteiger partial charge is 0.0948 e. The molecular weight excluding hydrogens is 210 g/mol. The summed E-state index contributed by atoms with van der Waals surface area (Å²) in [6.45, 7) is 0.645. The molecular formula is C14H21N3. The van der Waals surface area contributed by atoms with Gasteiger partial charge in [-0.1, -0.05) is 36.8 Å². The number of hydrogen-bond acceptors (Lipinski definition) is 3. The van der Waals surface area contributed by atoms with Gasteiger partial charge >= 0.3 is 0 Å². The highest BCUT2D eigenvalue weighted by Crippen LogP contribution is 2.36. The minimum absolute atomic E-state index is 0.184. The van der Waals surface area contributed by atoms with Crippen molar-refractivity contribution in [3.8, 4) is 0 Å². The fourth-order valence-corrected chi connectivity index (χ4v) is 2.63. The van der Waals surface area contributed by atoms with Crippen LogP contribution in [0.2, 0.25) is 0 Å². The fourth-order valence-electron chi connectivity index (χ4n) is 2.63. The van der Waals surface area contributed by atoms with Gasteiger partial charge in [-0.25, -0.2) is 0 Å². The molecule has 0 aromatic heterocycles. The highest BCUT2D eigenvalue weighted by atomic mass is 14.9. The van der Waals surface area contributed by atoms with Crippen molar-refractivity contribution in [1.82, 2.24) is 0 Å². The van der Waals surface area contributed by atoms with Gasteiger partial charge in [0.1, 0.15) is 0 Å². The summed E-state index contributed by atoms with van der Waals surface area (Å²) in [5.41, 5.74) is 12.8. The molecule has 3 nitrogen and oxygen atoms in total. The number of benzene rings is 1. The van der Waals surface area contributed by atoms with Gasteiger partial charge in [-0.2, -0.15) is 0 Å². The molecule has 0 saturated carbocycles. The average Bonchev–Trinajstić information content (AvgIpc) is 2.54. The molecule has 0 fully saturated rings. The first-order valence-corrected chi connectivity index (χ1v) is 6.37. The van der Waals surface area contributed by atoms with Crippen molar-refractivity contribution in [2.45, 2.75) is 37.6 Å². The van der Waals surface area contributed by atoms with E-state index < -0.39 is 0 Å². The second kappa shape index (κ2) is 5.32. The zero-order chi connectivity index (χ0) is 12.1. The number of aliphatic imine (C=N–C) groups is 1. The first kappa shape index (κ1) is 12.1. The van der Waals surface area contributed by atoms with Crippen molar-refractivity contribution in [3.05, 3.63) is 35.9 Å². The topological polar surface area (TPSA) is 64.4 Å². The van der Waals surface area contributed by atoms with E-state index in [0.717, 1.165) is 31.5 Å². The standard InChI is InChI=1S/C14H21N3/c15-11-10-14(12-6-2-1-3-7-12)9-5-4-8-13(16)17-14/h1-3,6-7H,4-5,8-11,15H2,(H2,16,17). The minimum Gasteiger partial charge on any atom is -0.387 e. The van der Waals surface area contributed by atoms with Crippen molar-refractivity contribution in [1.29, 1.82) is 0 Å². The second-order valence-corrected chi connectivity index (χ2v) is 4.75. The molecule has 0 saturated heterocycles. The number of nitrogens with zero attached hydrogens (tertiary/aromatic N) is 1. The third-order valence-corrected chi connectivity index (χ3v) is 3.50. The fraction of sp³-hybridized carbons (Fsp3) is 0.500. The molecule has 2 rings (SSSR count). The molecule has 1 atom stereocenters. The van der Waals surface area contributed by atoms with Crippen LogP contribution in [0.3, 0.4) is 0 Å². The summed E-state index contributed by atoms with van der Waals surface area (Å²) in [5.74, 6) is 0.778. The predicted octanol–water partition coefficient (Wildman–Crippen LogP) is 2.16. The molecule has 3 heteroatoms. The number of rotatable bonds is 3. The Labute approximate surface area is 103 Å². The van der Waals surface area contributed by atoms with Crippen LogP contribution in [0.5, 0.6) is 0 Å². The maximum atomic E-state index is 5.99. The van der Waals surface area contributed by atoms with Gasteiger partial charge in [-0.3, -0.25) is 4.99 Å². The minimum atomic E-state index is -0.184. The van der Waals surface area contributed by atoms with Gasteiger partial charge < -0.3 is 11.5 Å². The zero-order valence-corrected chi connectivity index (χ0v) is 10.2. The lowest BCUT2D eigenvalue weighted by Gasteiger charge is -2.29. The quantitative estimate of drug-likeness (QED) is 0.837. The Morgan fingerprint density at radius 2 is 1.94 bits per heavy atom. The number of hydrogen-bond donors (Lipinski definition) is 2. The third kappa shape index (κ3) is 2.67. The van der Waals surface area contributed by atoms with Crippen molar-refractivity contribution in [2.24, 2.45) is 16.5 Å². The van der Waals surface area contributed by atoms with E-state index in [9.17, 15) is 0 Å². The second-order valence-electron chi connectivity index (χ2n) is 4.75. The van der Waals surface area contributed by atoms with Crippen LogP contribution in [0.4, 0.5) is 0 Å². The van der Waals surface area contributed by atoms with Crippen LogP contribution in [0.25, 0.3) is 0 Å². The molecule has 0 amide bonds. The molecule has 1 heterocycles. The van der Waals surface area contributed by atoms with Crippen molar-refractivity contribution in [3.63, 3.8) is 0 Å². The highest BCUT2D eigenvalue weighted by molar-refractivity contribution is 5.81. The third-order valence-electron chi connectivity index (χ3n) is 3.50. The van der Waals surface area contributed by atoms with Gasteiger partial charge in [-0.05, 0) is 31.4 Å². The molecule has 1 aliphatic heterocycles. The van der Waals surface area contributed by atoms with E-state index in [2.05, 4.69) is 24.3 Å². The molecule has 0 aliphatic carbocycles. The van der Waals surface area contributed by atoms with Gasteiger partial charge in [0, 0.05) is 6.42 Å². The SMILES string of the molecule is NCCC1(c2ccccc2)CCCCC(N)=N1. The highest BCUT2D eigenvalue weighted by Gasteiger charge is 2.31. The number of nitrogens with two attached hydrogens (primary N) is 2. The van der Waals surface area contributed by atoms with Gasteiger partial charge in [0.2, 0.25) is 0 Å². The molecule has 92 valence electrons. The van der Waals surface area contributed by atoms with E-state index in [4.69, 9.17) is 16.5 Å². The van der Waals surface area contributed by atoms with Crippen LogP contribution in [0.1, 0.15) is 37.7 Å². The predicted molar refractivity (Wildman–Crippen MR) is 71.9 cm³/mol. The molecule has 1 aromatic rings. The van der Waals surface area contributed by atoms with Crippen LogP contribution < -0.4 is 11.5 Å². The Balaban J connectivity index is 2.40. The molecule has 0 bridgehead atoms. The molecule has 1 aromatic carbocycles. The summed E-state index contributed by atoms with van der Waals surface area (Å²) in [5, 5.41) is 0. The van der Waals surface area contributed by atoms with E-state index in [1.807, 2.05) is 6.07 Å².